The van der Waals surface area contributed by atoms with Crippen molar-refractivity contribution in [1.82, 2.24) is 10.3 Å². The van der Waals surface area contributed by atoms with E-state index in [2.05, 4.69) is 32.7 Å². The first-order valence-corrected chi connectivity index (χ1v) is 8.57. The molecule has 114 valence electrons. The van der Waals surface area contributed by atoms with Gasteiger partial charge < -0.3 is 15.5 Å². The molecule has 2 saturated carbocycles. The van der Waals surface area contributed by atoms with Gasteiger partial charge in [-0.05, 0) is 50.1 Å². The Hall–Kier alpha value is -1.29. The minimum absolute atomic E-state index is 0.664. The van der Waals surface area contributed by atoms with Crippen LogP contribution in [-0.2, 0) is 0 Å². The molecule has 3 aliphatic rings. The van der Waals surface area contributed by atoms with E-state index in [9.17, 15) is 0 Å². The number of fused-ring (bicyclic) bond motifs is 2. The van der Waals surface area contributed by atoms with Crippen molar-refractivity contribution in [3.63, 3.8) is 0 Å². The van der Waals surface area contributed by atoms with Gasteiger partial charge in [0.1, 0.15) is 5.82 Å². The zero-order valence-corrected chi connectivity index (χ0v) is 12.7. The summed E-state index contributed by atoms with van der Waals surface area (Å²) in [5.74, 6) is 2.94. The van der Waals surface area contributed by atoms with Crippen LogP contribution in [0.1, 0.15) is 32.1 Å². The number of hydrogen-bond donors (Lipinski definition) is 2. The van der Waals surface area contributed by atoms with Crippen LogP contribution in [0.4, 0.5) is 11.5 Å². The molecule has 1 aromatic heterocycles. The quantitative estimate of drug-likeness (QED) is 0.895. The zero-order chi connectivity index (χ0) is 14.1. The summed E-state index contributed by atoms with van der Waals surface area (Å²) in [4.78, 5) is 7.03. The molecule has 1 aromatic rings. The number of nitrogens with one attached hydrogen (secondary N) is 2. The molecule has 0 radical (unpaired) electrons. The fraction of sp³-hybridized carbons (Fsp3) is 0.706. The summed E-state index contributed by atoms with van der Waals surface area (Å²) in [7, 11) is 0. The van der Waals surface area contributed by atoms with Crippen LogP contribution in [0.2, 0.25) is 0 Å². The number of hydrogen-bond acceptors (Lipinski definition) is 4. The van der Waals surface area contributed by atoms with E-state index in [0.29, 0.717) is 6.04 Å². The Balaban J connectivity index is 1.45. The van der Waals surface area contributed by atoms with Crippen LogP contribution in [0, 0.1) is 11.8 Å². The molecule has 21 heavy (non-hydrogen) atoms. The van der Waals surface area contributed by atoms with Crippen molar-refractivity contribution in [3.05, 3.63) is 18.3 Å². The summed E-state index contributed by atoms with van der Waals surface area (Å²) in [6.07, 6.45) is 8.84. The van der Waals surface area contributed by atoms with Gasteiger partial charge in [-0.2, -0.15) is 0 Å². The second-order valence-electron chi connectivity index (χ2n) is 6.92. The summed E-state index contributed by atoms with van der Waals surface area (Å²) >= 11 is 0. The summed E-state index contributed by atoms with van der Waals surface area (Å²) in [6, 6.07) is 5.06. The number of pyridine rings is 1. The minimum atomic E-state index is 0.664. The summed E-state index contributed by atoms with van der Waals surface area (Å²) < 4.78 is 0. The van der Waals surface area contributed by atoms with Crippen LogP contribution in [0.3, 0.4) is 0 Å². The highest BCUT2D eigenvalue weighted by atomic mass is 15.2. The molecule has 2 bridgehead atoms. The van der Waals surface area contributed by atoms with Crippen LogP contribution in [-0.4, -0.2) is 37.2 Å². The first kappa shape index (κ1) is 13.4. The van der Waals surface area contributed by atoms with Crippen LogP contribution in [0.5, 0.6) is 0 Å². The van der Waals surface area contributed by atoms with Gasteiger partial charge in [0.25, 0.3) is 0 Å². The van der Waals surface area contributed by atoms with Crippen molar-refractivity contribution in [2.24, 2.45) is 11.8 Å². The number of nitrogens with zero attached hydrogens (tertiary/aromatic N) is 2. The standard InChI is InChI=1S/C17H26N4/c1-5-18-7-9-21(8-1)15-4-6-19-17(12-15)20-16-11-13-2-3-14(16)10-13/h4,6,12-14,16,18H,1-3,5,7-11H2,(H,19,20). The monoisotopic (exact) mass is 286 g/mol. The second kappa shape index (κ2) is 5.84. The van der Waals surface area contributed by atoms with Gasteiger partial charge >= 0.3 is 0 Å². The van der Waals surface area contributed by atoms with Gasteiger partial charge in [0.05, 0.1) is 0 Å². The molecule has 3 unspecified atom stereocenters. The van der Waals surface area contributed by atoms with E-state index >= 15 is 0 Å². The van der Waals surface area contributed by atoms with E-state index < -0.39 is 0 Å². The molecule has 2 N–H and O–H groups in total. The Labute approximate surface area is 127 Å². The lowest BCUT2D eigenvalue weighted by Gasteiger charge is -2.25. The van der Waals surface area contributed by atoms with E-state index in [4.69, 9.17) is 0 Å². The molecular weight excluding hydrogens is 260 g/mol. The van der Waals surface area contributed by atoms with Crippen LogP contribution < -0.4 is 15.5 Å². The minimum Gasteiger partial charge on any atom is -0.370 e. The fourth-order valence-electron chi connectivity index (χ4n) is 4.41. The average molecular weight is 286 g/mol. The van der Waals surface area contributed by atoms with Gasteiger partial charge in [-0.25, -0.2) is 4.98 Å². The van der Waals surface area contributed by atoms with E-state index in [1.54, 1.807) is 0 Å². The van der Waals surface area contributed by atoms with Gasteiger partial charge in [-0.1, -0.05) is 6.42 Å². The molecule has 4 heteroatoms. The first-order chi connectivity index (χ1) is 10.4. The van der Waals surface area contributed by atoms with E-state index in [-0.39, 0.29) is 0 Å². The van der Waals surface area contributed by atoms with E-state index in [1.165, 1.54) is 37.8 Å². The van der Waals surface area contributed by atoms with Crippen molar-refractivity contribution < 1.29 is 0 Å². The van der Waals surface area contributed by atoms with E-state index in [0.717, 1.165) is 43.8 Å². The molecule has 4 nitrogen and oxygen atoms in total. The predicted octanol–water partition coefficient (Wildman–Crippen LogP) is 2.48. The average Bonchev–Trinajstić information content (AvgIpc) is 3.01. The molecule has 3 fully saturated rings. The maximum absolute atomic E-state index is 4.55. The van der Waals surface area contributed by atoms with Gasteiger partial charge in [-0.3, -0.25) is 0 Å². The zero-order valence-electron chi connectivity index (χ0n) is 12.7. The molecule has 1 aliphatic heterocycles. The normalized spacial score (nSPS) is 32.2. The summed E-state index contributed by atoms with van der Waals surface area (Å²) in [6.45, 7) is 4.46. The van der Waals surface area contributed by atoms with Crippen LogP contribution in [0.15, 0.2) is 18.3 Å². The summed E-state index contributed by atoms with van der Waals surface area (Å²) in [5, 5.41) is 7.18. The fourth-order valence-corrected chi connectivity index (χ4v) is 4.41. The van der Waals surface area contributed by atoms with Crippen molar-refractivity contribution in [2.75, 3.05) is 36.4 Å². The highest BCUT2D eigenvalue weighted by Gasteiger charge is 2.39. The molecule has 1 saturated heterocycles. The van der Waals surface area contributed by atoms with Crippen molar-refractivity contribution >= 4 is 11.5 Å². The van der Waals surface area contributed by atoms with E-state index in [1.807, 2.05) is 6.20 Å². The topological polar surface area (TPSA) is 40.2 Å². The second-order valence-corrected chi connectivity index (χ2v) is 6.92. The Bertz CT molecular complexity index is 481. The molecule has 4 rings (SSSR count). The summed E-state index contributed by atoms with van der Waals surface area (Å²) in [5.41, 5.74) is 1.32. The number of anilines is 2. The predicted molar refractivity (Wildman–Crippen MR) is 86.8 cm³/mol. The third kappa shape index (κ3) is 2.86. The number of rotatable bonds is 3. The molecule has 3 atom stereocenters. The molecule has 0 amide bonds. The van der Waals surface area contributed by atoms with Gasteiger partial charge in [0.2, 0.25) is 0 Å². The molecule has 0 spiro atoms. The molecule has 0 aromatic carbocycles. The van der Waals surface area contributed by atoms with Crippen LogP contribution >= 0.6 is 0 Å². The highest BCUT2D eigenvalue weighted by Crippen LogP contribution is 2.45. The smallest absolute Gasteiger partial charge is 0.128 e. The van der Waals surface area contributed by atoms with Crippen LogP contribution in [0.25, 0.3) is 0 Å². The van der Waals surface area contributed by atoms with Gasteiger partial charge in [-0.15, -0.1) is 0 Å². The maximum Gasteiger partial charge on any atom is 0.128 e. The van der Waals surface area contributed by atoms with Crippen molar-refractivity contribution in [1.29, 1.82) is 0 Å². The van der Waals surface area contributed by atoms with Gasteiger partial charge in [0.15, 0.2) is 0 Å². The van der Waals surface area contributed by atoms with Crippen molar-refractivity contribution in [2.45, 2.75) is 38.1 Å². The number of aromatic nitrogens is 1. The third-order valence-corrected chi connectivity index (χ3v) is 5.52. The molecule has 2 aliphatic carbocycles. The lowest BCUT2D eigenvalue weighted by Crippen LogP contribution is -2.29. The third-order valence-electron chi connectivity index (χ3n) is 5.52. The Morgan fingerprint density at radius 3 is 3.05 bits per heavy atom. The lowest BCUT2D eigenvalue weighted by molar-refractivity contribution is 0.439. The highest BCUT2D eigenvalue weighted by molar-refractivity contribution is 5.54. The largest absolute Gasteiger partial charge is 0.370 e. The SMILES string of the molecule is c1cc(N2CCCNCC2)cc(NC2CC3CCC2C3)n1. The molecule has 2 heterocycles. The Morgan fingerprint density at radius 1 is 1.19 bits per heavy atom. The van der Waals surface area contributed by atoms with Crippen molar-refractivity contribution in [3.8, 4) is 0 Å². The van der Waals surface area contributed by atoms with Gasteiger partial charge in [0, 0.05) is 43.6 Å². The molecular formula is C17H26N4. The first-order valence-electron chi connectivity index (χ1n) is 8.57. The Morgan fingerprint density at radius 2 is 2.19 bits per heavy atom. The maximum atomic E-state index is 4.55. The lowest BCUT2D eigenvalue weighted by atomic mass is 9.95. The Kier molecular flexibility index (Phi) is 3.72.